The van der Waals surface area contributed by atoms with E-state index in [0.717, 1.165) is 12.8 Å². The number of aliphatic carboxylic acids is 1. The van der Waals surface area contributed by atoms with Gasteiger partial charge in [-0.15, -0.1) is 6.42 Å². The van der Waals surface area contributed by atoms with Crippen molar-refractivity contribution in [1.29, 1.82) is 0 Å². The van der Waals surface area contributed by atoms with Crippen LogP contribution in [0.2, 0.25) is 0 Å². The molecule has 1 heterocycles. The number of rotatable bonds is 2. The molecule has 1 aromatic carbocycles. The summed E-state index contributed by atoms with van der Waals surface area (Å²) in [6, 6.07) is 5.76. The zero-order chi connectivity index (χ0) is 14.5. The van der Waals surface area contributed by atoms with Crippen LogP contribution in [0.25, 0.3) is 0 Å². The smallest absolute Gasteiger partial charge is 0.326 e. The van der Waals surface area contributed by atoms with Crippen molar-refractivity contribution in [3.63, 3.8) is 0 Å². The van der Waals surface area contributed by atoms with Gasteiger partial charge in [0.1, 0.15) is 6.04 Å². The van der Waals surface area contributed by atoms with Crippen LogP contribution in [0.1, 0.15) is 24.8 Å². The first-order chi connectivity index (χ1) is 9.61. The number of carbonyl (C=O) groups is 2. The van der Waals surface area contributed by atoms with Crippen LogP contribution in [0.15, 0.2) is 24.3 Å². The highest BCUT2D eigenvalue weighted by atomic mass is 16.4. The number of benzene rings is 1. The largest absolute Gasteiger partial charge is 0.480 e. The Morgan fingerprint density at radius 1 is 1.40 bits per heavy atom. The molecule has 5 nitrogen and oxygen atoms in total. The van der Waals surface area contributed by atoms with Crippen molar-refractivity contribution in [3.8, 4) is 12.3 Å². The minimum Gasteiger partial charge on any atom is -0.480 e. The zero-order valence-corrected chi connectivity index (χ0v) is 11.0. The number of nitrogens with zero attached hydrogens (tertiary/aromatic N) is 1. The lowest BCUT2D eigenvalue weighted by atomic mass is 10.0. The number of hydrogen-bond donors (Lipinski definition) is 2. The third kappa shape index (κ3) is 3.09. The van der Waals surface area contributed by atoms with Crippen LogP contribution in [0.3, 0.4) is 0 Å². The number of terminal acetylenes is 1. The number of piperidine rings is 1. The Hall–Kier alpha value is -2.48. The number of hydrogen-bond acceptors (Lipinski definition) is 2. The van der Waals surface area contributed by atoms with E-state index in [2.05, 4.69) is 11.2 Å². The SMILES string of the molecule is C#Cc1cccc(NC(=O)N2CCCCC2C(=O)O)c1. The highest BCUT2D eigenvalue weighted by Crippen LogP contribution is 2.19. The fourth-order valence-electron chi connectivity index (χ4n) is 2.31. The Labute approximate surface area is 117 Å². The molecule has 2 rings (SSSR count). The van der Waals surface area contributed by atoms with Gasteiger partial charge in [-0.2, -0.15) is 0 Å². The summed E-state index contributed by atoms with van der Waals surface area (Å²) in [5, 5.41) is 11.9. The van der Waals surface area contributed by atoms with Gasteiger partial charge < -0.3 is 15.3 Å². The average molecular weight is 272 g/mol. The Balaban J connectivity index is 2.10. The van der Waals surface area contributed by atoms with E-state index in [-0.39, 0.29) is 0 Å². The molecule has 2 amide bonds. The second-order valence-electron chi connectivity index (χ2n) is 4.70. The number of nitrogens with one attached hydrogen (secondary N) is 1. The maximum atomic E-state index is 12.2. The molecule has 1 unspecified atom stereocenters. The third-order valence-corrected chi connectivity index (χ3v) is 3.33. The van der Waals surface area contributed by atoms with Gasteiger partial charge >= 0.3 is 12.0 Å². The lowest BCUT2D eigenvalue weighted by molar-refractivity contribution is -0.143. The highest BCUT2D eigenvalue weighted by Gasteiger charge is 2.31. The van der Waals surface area contributed by atoms with Crippen LogP contribution in [0.4, 0.5) is 10.5 Å². The maximum absolute atomic E-state index is 12.2. The van der Waals surface area contributed by atoms with E-state index in [9.17, 15) is 9.59 Å². The van der Waals surface area contributed by atoms with Crippen molar-refractivity contribution >= 4 is 17.7 Å². The van der Waals surface area contributed by atoms with Crippen LogP contribution in [-0.4, -0.2) is 34.6 Å². The van der Waals surface area contributed by atoms with E-state index in [4.69, 9.17) is 11.5 Å². The molecule has 1 fully saturated rings. The van der Waals surface area contributed by atoms with Gasteiger partial charge in [-0.25, -0.2) is 9.59 Å². The number of carboxylic acid groups (broad SMARTS) is 1. The van der Waals surface area contributed by atoms with Crippen molar-refractivity contribution in [1.82, 2.24) is 4.90 Å². The van der Waals surface area contributed by atoms with Crippen molar-refractivity contribution in [2.24, 2.45) is 0 Å². The molecule has 2 N–H and O–H groups in total. The van der Waals surface area contributed by atoms with Crippen LogP contribution < -0.4 is 5.32 Å². The second-order valence-corrected chi connectivity index (χ2v) is 4.70. The quantitative estimate of drug-likeness (QED) is 0.810. The summed E-state index contributed by atoms with van der Waals surface area (Å²) in [7, 11) is 0. The van der Waals surface area contributed by atoms with Crippen LogP contribution >= 0.6 is 0 Å². The molecular weight excluding hydrogens is 256 g/mol. The molecule has 1 aliphatic heterocycles. The molecule has 1 atom stereocenters. The fourth-order valence-corrected chi connectivity index (χ4v) is 2.31. The molecule has 0 aromatic heterocycles. The lowest BCUT2D eigenvalue weighted by Crippen LogP contribution is -2.49. The molecule has 1 aliphatic rings. The van der Waals surface area contributed by atoms with E-state index in [0.29, 0.717) is 24.2 Å². The predicted molar refractivity (Wildman–Crippen MR) is 75.4 cm³/mol. The first-order valence-electron chi connectivity index (χ1n) is 6.49. The van der Waals surface area contributed by atoms with Gasteiger partial charge in [-0.05, 0) is 37.5 Å². The van der Waals surface area contributed by atoms with Gasteiger partial charge in [-0.3, -0.25) is 0 Å². The molecule has 1 saturated heterocycles. The van der Waals surface area contributed by atoms with Gasteiger partial charge in [0.25, 0.3) is 0 Å². The fraction of sp³-hybridized carbons (Fsp3) is 0.333. The van der Waals surface area contributed by atoms with Gasteiger partial charge in [0.15, 0.2) is 0 Å². The topological polar surface area (TPSA) is 69.6 Å². The van der Waals surface area contributed by atoms with Crippen LogP contribution in [0, 0.1) is 12.3 Å². The van der Waals surface area contributed by atoms with Crippen LogP contribution in [0.5, 0.6) is 0 Å². The summed E-state index contributed by atoms with van der Waals surface area (Å²) in [4.78, 5) is 24.7. The Morgan fingerprint density at radius 2 is 2.20 bits per heavy atom. The average Bonchev–Trinajstić information content (AvgIpc) is 2.47. The molecule has 1 aromatic rings. The number of anilines is 1. The molecule has 104 valence electrons. The normalized spacial score (nSPS) is 18.1. The minimum absolute atomic E-state index is 0.397. The Kier molecular flexibility index (Phi) is 4.26. The van der Waals surface area contributed by atoms with E-state index < -0.39 is 18.0 Å². The number of carbonyl (C=O) groups excluding carboxylic acids is 1. The summed E-state index contributed by atoms with van der Waals surface area (Å²) in [6.45, 7) is 0.456. The van der Waals surface area contributed by atoms with Gasteiger partial charge in [-0.1, -0.05) is 12.0 Å². The summed E-state index contributed by atoms with van der Waals surface area (Å²) in [5.74, 6) is 1.53. The number of carboxylic acids is 1. The molecule has 0 bridgehead atoms. The second kappa shape index (κ2) is 6.11. The van der Waals surface area contributed by atoms with E-state index in [1.54, 1.807) is 24.3 Å². The first kappa shape index (κ1) is 13.9. The minimum atomic E-state index is -0.961. The molecule has 20 heavy (non-hydrogen) atoms. The van der Waals surface area contributed by atoms with Crippen LogP contribution in [-0.2, 0) is 4.79 Å². The summed E-state index contributed by atoms with van der Waals surface area (Å²) >= 11 is 0. The highest BCUT2D eigenvalue weighted by molar-refractivity contribution is 5.92. The number of amides is 2. The Bertz CT molecular complexity index is 562. The third-order valence-electron chi connectivity index (χ3n) is 3.33. The summed E-state index contributed by atoms with van der Waals surface area (Å²) < 4.78 is 0. The maximum Gasteiger partial charge on any atom is 0.326 e. The zero-order valence-electron chi connectivity index (χ0n) is 11.0. The first-order valence-corrected chi connectivity index (χ1v) is 6.49. The summed E-state index contributed by atoms with van der Waals surface area (Å²) in [5.41, 5.74) is 1.23. The molecule has 0 spiro atoms. The van der Waals surface area contributed by atoms with Gasteiger partial charge in [0, 0.05) is 17.8 Å². The van der Waals surface area contributed by atoms with E-state index in [1.165, 1.54) is 4.90 Å². The van der Waals surface area contributed by atoms with Crippen molar-refractivity contribution in [3.05, 3.63) is 29.8 Å². The lowest BCUT2D eigenvalue weighted by Gasteiger charge is -2.32. The standard InChI is InChI=1S/C15H16N2O3/c1-2-11-6-5-7-12(10-11)16-15(20)17-9-4-3-8-13(17)14(18)19/h1,5-7,10,13H,3-4,8-9H2,(H,16,20)(H,18,19). The Morgan fingerprint density at radius 3 is 2.90 bits per heavy atom. The van der Waals surface area contributed by atoms with Gasteiger partial charge in [0.2, 0.25) is 0 Å². The number of likely N-dealkylation sites (tertiary alicyclic amines) is 1. The van der Waals surface area contributed by atoms with Crippen molar-refractivity contribution in [2.75, 3.05) is 11.9 Å². The molecular formula is C15H16N2O3. The number of urea groups is 1. The van der Waals surface area contributed by atoms with Crippen molar-refractivity contribution in [2.45, 2.75) is 25.3 Å². The van der Waals surface area contributed by atoms with Crippen molar-refractivity contribution < 1.29 is 14.7 Å². The molecule has 0 saturated carbocycles. The monoisotopic (exact) mass is 272 g/mol. The van der Waals surface area contributed by atoms with E-state index in [1.807, 2.05) is 0 Å². The predicted octanol–water partition coefficient (Wildman–Crippen LogP) is 2.14. The molecule has 0 aliphatic carbocycles. The molecule has 5 heteroatoms. The summed E-state index contributed by atoms with van der Waals surface area (Å²) in [6.07, 6.45) is 7.44. The van der Waals surface area contributed by atoms with Gasteiger partial charge in [0.05, 0.1) is 0 Å². The molecule has 0 radical (unpaired) electrons. The van der Waals surface area contributed by atoms with E-state index >= 15 is 0 Å².